The molecule has 1 saturated heterocycles. The minimum atomic E-state index is 0.0235. The third-order valence-corrected chi connectivity index (χ3v) is 6.55. The highest BCUT2D eigenvalue weighted by Crippen LogP contribution is 2.40. The van der Waals surface area contributed by atoms with Crippen LogP contribution in [0.25, 0.3) is 0 Å². The molecule has 1 aliphatic rings. The van der Waals surface area contributed by atoms with Gasteiger partial charge in [-0.1, -0.05) is 12.1 Å². The number of hydrogen-bond acceptors (Lipinski definition) is 4. The summed E-state index contributed by atoms with van der Waals surface area (Å²) in [5, 5.41) is 4.38. The monoisotopic (exact) mass is 448 g/mol. The van der Waals surface area contributed by atoms with Gasteiger partial charge in [-0.3, -0.25) is 9.97 Å². The Hall–Kier alpha value is -2.77. The molecule has 1 aliphatic heterocycles. The second-order valence-electron chi connectivity index (χ2n) is 8.75. The van der Waals surface area contributed by atoms with Crippen LogP contribution in [0.3, 0.4) is 0 Å². The number of nitrogens with zero attached hydrogens (tertiary/aromatic N) is 5. The fourth-order valence-electron chi connectivity index (χ4n) is 4.59. The van der Waals surface area contributed by atoms with Gasteiger partial charge in [-0.05, 0) is 88.5 Å². The minimum Gasteiger partial charge on any atom is -0.352 e. The van der Waals surface area contributed by atoms with Crippen molar-refractivity contribution in [3.63, 3.8) is 0 Å². The fraction of sp³-hybridized carbons (Fsp3) is 0.400. The van der Waals surface area contributed by atoms with Crippen molar-refractivity contribution in [2.45, 2.75) is 38.9 Å². The summed E-state index contributed by atoms with van der Waals surface area (Å²) in [6.45, 7) is 7.14. The highest BCUT2D eigenvalue weighted by molar-refractivity contribution is 7.80. The Kier molecular flexibility index (Phi) is 6.86. The van der Waals surface area contributed by atoms with Crippen LogP contribution in [0, 0.1) is 13.8 Å². The molecule has 0 radical (unpaired) electrons. The molecule has 1 fully saturated rings. The standard InChI is InChI=1S/C25H32N6S/c1-18-15-21(19(2)31(18)17-20-9-7-11-26-16-20)24-23(22-10-5-6-12-27-22)28-25(32)30(24)14-8-13-29(3)4/h5-7,9-12,15-16,23-24H,8,13-14,17H2,1-4H3,(H,28,32)/t23-,24+/m0/s1. The summed E-state index contributed by atoms with van der Waals surface area (Å²) in [7, 11) is 4.22. The van der Waals surface area contributed by atoms with E-state index in [2.05, 4.69) is 75.8 Å². The van der Waals surface area contributed by atoms with Gasteiger partial charge in [0.05, 0.1) is 17.8 Å². The molecule has 168 valence electrons. The summed E-state index contributed by atoms with van der Waals surface area (Å²) in [5.74, 6) is 0. The van der Waals surface area contributed by atoms with Gasteiger partial charge < -0.3 is 19.7 Å². The zero-order valence-electron chi connectivity index (χ0n) is 19.3. The Morgan fingerprint density at radius 1 is 1.12 bits per heavy atom. The molecule has 0 bridgehead atoms. The van der Waals surface area contributed by atoms with E-state index >= 15 is 0 Å². The van der Waals surface area contributed by atoms with Crippen LogP contribution in [0.2, 0.25) is 0 Å². The van der Waals surface area contributed by atoms with E-state index in [9.17, 15) is 0 Å². The Labute approximate surface area is 196 Å². The van der Waals surface area contributed by atoms with Crippen molar-refractivity contribution in [2.75, 3.05) is 27.2 Å². The van der Waals surface area contributed by atoms with Crippen molar-refractivity contribution in [1.82, 2.24) is 29.7 Å². The predicted molar refractivity (Wildman–Crippen MR) is 133 cm³/mol. The van der Waals surface area contributed by atoms with Gasteiger partial charge >= 0.3 is 0 Å². The van der Waals surface area contributed by atoms with Crippen LogP contribution in [0.1, 0.15) is 46.7 Å². The number of nitrogens with one attached hydrogen (secondary N) is 1. The van der Waals surface area contributed by atoms with E-state index in [1.54, 1.807) is 0 Å². The van der Waals surface area contributed by atoms with Gasteiger partial charge in [0.1, 0.15) is 0 Å². The van der Waals surface area contributed by atoms with Crippen LogP contribution in [-0.4, -0.2) is 56.6 Å². The smallest absolute Gasteiger partial charge is 0.170 e. The number of pyridine rings is 2. The average molecular weight is 449 g/mol. The first kappa shape index (κ1) is 22.4. The molecule has 0 spiro atoms. The highest BCUT2D eigenvalue weighted by atomic mass is 32.1. The SMILES string of the molecule is Cc1cc([C@@H]2[C@H](c3ccccn3)NC(=S)N2CCCN(C)C)c(C)n1Cc1cccnc1. The first-order valence-corrected chi connectivity index (χ1v) is 11.5. The van der Waals surface area contributed by atoms with Crippen LogP contribution >= 0.6 is 12.2 Å². The third-order valence-electron chi connectivity index (χ3n) is 6.20. The Balaban J connectivity index is 1.70. The second kappa shape index (κ2) is 9.79. The summed E-state index contributed by atoms with van der Waals surface area (Å²) in [5.41, 5.74) is 6.03. The molecule has 2 atom stereocenters. The van der Waals surface area contributed by atoms with Gasteiger partial charge in [-0.15, -0.1) is 0 Å². The molecule has 4 heterocycles. The second-order valence-corrected chi connectivity index (χ2v) is 9.14. The molecular weight excluding hydrogens is 416 g/mol. The number of aryl methyl sites for hydroxylation is 1. The largest absolute Gasteiger partial charge is 0.352 e. The Morgan fingerprint density at radius 2 is 1.97 bits per heavy atom. The molecule has 7 heteroatoms. The molecule has 0 unspecified atom stereocenters. The van der Waals surface area contributed by atoms with Crippen LogP contribution in [0.4, 0.5) is 0 Å². The molecule has 0 amide bonds. The van der Waals surface area contributed by atoms with Crippen molar-refractivity contribution in [3.05, 3.63) is 83.2 Å². The summed E-state index contributed by atoms with van der Waals surface area (Å²) in [4.78, 5) is 13.5. The zero-order valence-corrected chi connectivity index (χ0v) is 20.1. The predicted octanol–water partition coefficient (Wildman–Crippen LogP) is 3.87. The molecule has 3 aromatic heterocycles. The quantitative estimate of drug-likeness (QED) is 0.528. The van der Waals surface area contributed by atoms with Crippen LogP contribution < -0.4 is 5.32 Å². The first-order chi connectivity index (χ1) is 15.5. The van der Waals surface area contributed by atoms with E-state index in [1.807, 2.05) is 36.8 Å². The summed E-state index contributed by atoms with van der Waals surface area (Å²) < 4.78 is 2.38. The zero-order chi connectivity index (χ0) is 22.7. The van der Waals surface area contributed by atoms with Crippen LogP contribution in [0.5, 0.6) is 0 Å². The molecule has 4 rings (SSSR count). The van der Waals surface area contributed by atoms with Crippen LogP contribution in [-0.2, 0) is 6.54 Å². The molecule has 3 aromatic rings. The van der Waals surface area contributed by atoms with E-state index in [0.29, 0.717) is 0 Å². The van der Waals surface area contributed by atoms with E-state index < -0.39 is 0 Å². The maximum absolute atomic E-state index is 5.82. The summed E-state index contributed by atoms with van der Waals surface area (Å²) >= 11 is 5.82. The average Bonchev–Trinajstić information content (AvgIpc) is 3.25. The number of hydrogen-bond donors (Lipinski definition) is 1. The van der Waals surface area contributed by atoms with Crippen molar-refractivity contribution < 1.29 is 0 Å². The van der Waals surface area contributed by atoms with E-state index in [-0.39, 0.29) is 12.1 Å². The molecule has 0 saturated carbocycles. The van der Waals surface area contributed by atoms with Crippen molar-refractivity contribution in [3.8, 4) is 0 Å². The van der Waals surface area contributed by atoms with E-state index in [4.69, 9.17) is 12.2 Å². The molecule has 6 nitrogen and oxygen atoms in total. The van der Waals surface area contributed by atoms with Crippen molar-refractivity contribution in [1.29, 1.82) is 0 Å². The third kappa shape index (κ3) is 4.69. The lowest BCUT2D eigenvalue weighted by Gasteiger charge is -2.28. The Morgan fingerprint density at radius 3 is 2.66 bits per heavy atom. The number of rotatable bonds is 8. The van der Waals surface area contributed by atoms with Gasteiger partial charge in [-0.2, -0.15) is 0 Å². The highest BCUT2D eigenvalue weighted by Gasteiger charge is 2.41. The van der Waals surface area contributed by atoms with Gasteiger partial charge in [0.2, 0.25) is 0 Å². The lowest BCUT2D eigenvalue weighted by atomic mass is 9.96. The topological polar surface area (TPSA) is 49.2 Å². The van der Waals surface area contributed by atoms with Gasteiger partial charge in [-0.25, -0.2) is 0 Å². The normalized spacial score (nSPS) is 18.4. The Bertz CT molecular complexity index is 1050. The van der Waals surface area contributed by atoms with E-state index in [1.165, 1.54) is 22.5 Å². The summed E-state index contributed by atoms with van der Waals surface area (Å²) in [6, 6.07) is 12.7. The fourth-order valence-corrected chi connectivity index (χ4v) is 4.92. The maximum Gasteiger partial charge on any atom is 0.170 e. The summed E-state index contributed by atoms with van der Waals surface area (Å²) in [6.07, 6.45) is 6.67. The maximum atomic E-state index is 5.82. The first-order valence-electron chi connectivity index (χ1n) is 11.1. The number of aromatic nitrogens is 3. The molecular formula is C25H32N6S. The van der Waals surface area contributed by atoms with Crippen LogP contribution in [0.15, 0.2) is 55.0 Å². The number of thiocarbonyl (C=S) groups is 1. The lowest BCUT2D eigenvalue weighted by molar-refractivity contribution is 0.292. The molecule has 1 N–H and O–H groups in total. The minimum absolute atomic E-state index is 0.0235. The van der Waals surface area contributed by atoms with Crippen molar-refractivity contribution >= 4 is 17.3 Å². The van der Waals surface area contributed by atoms with Gasteiger partial charge in [0.25, 0.3) is 0 Å². The molecule has 32 heavy (non-hydrogen) atoms. The molecule has 0 aliphatic carbocycles. The lowest BCUT2D eigenvalue weighted by Crippen LogP contribution is -2.32. The van der Waals surface area contributed by atoms with E-state index in [0.717, 1.165) is 36.9 Å². The molecule has 0 aromatic carbocycles. The van der Waals surface area contributed by atoms with Gasteiger partial charge in [0, 0.05) is 43.1 Å². The van der Waals surface area contributed by atoms with Gasteiger partial charge in [0.15, 0.2) is 5.11 Å². The van der Waals surface area contributed by atoms with Crippen molar-refractivity contribution in [2.24, 2.45) is 0 Å².